The van der Waals surface area contributed by atoms with Gasteiger partial charge >= 0.3 is 0 Å². The molecule has 0 atom stereocenters. The van der Waals surface area contributed by atoms with E-state index in [1.54, 1.807) is 4.40 Å². The van der Waals surface area contributed by atoms with Crippen molar-refractivity contribution in [2.75, 3.05) is 0 Å². The summed E-state index contributed by atoms with van der Waals surface area (Å²) in [6.45, 7) is 3.96. The molecule has 0 bridgehead atoms. The fourth-order valence-electron chi connectivity index (χ4n) is 2.88. The highest BCUT2D eigenvalue weighted by Gasteiger charge is 2.16. The second kappa shape index (κ2) is 4.74. The predicted octanol–water partition coefficient (Wildman–Crippen LogP) is 3.90. The van der Waals surface area contributed by atoms with Gasteiger partial charge in [-0.3, -0.25) is 4.40 Å². The van der Waals surface area contributed by atoms with Gasteiger partial charge in [0.2, 0.25) is 5.82 Å². The van der Waals surface area contributed by atoms with Crippen LogP contribution in [0.4, 0.5) is 5.82 Å². The Morgan fingerprint density at radius 1 is 1.09 bits per heavy atom. The summed E-state index contributed by atoms with van der Waals surface area (Å²) in [4.78, 5) is 20.5. The van der Waals surface area contributed by atoms with Gasteiger partial charge < -0.3 is 4.57 Å². The number of hydrogen-bond acceptors (Lipinski definition) is 4. The zero-order valence-electron chi connectivity index (χ0n) is 13.1. The predicted molar refractivity (Wildman–Crippen MR) is 89.8 cm³/mol. The Bertz CT molecular complexity index is 1070. The molecule has 0 radical (unpaired) electrons. The molecule has 1 aromatic carbocycles. The van der Waals surface area contributed by atoms with Crippen molar-refractivity contribution in [1.29, 1.82) is 0 Å². The molecule has 0 unspecified atom stereocenters. The van der Waals surface area contributed by atoms with Crippen molar-refractivity contribution < 1.29 is 0 Å². The molecule has 0 saturated heterocycles. The normalized spacial score (nSPS) is 11.4. The summed E-state index contributed by atoms with van der Waals surface area (Å²) in [5, 5.41) is 3.19. The third-order valence-corrected chi connectivity index (χ3v) is 4.22. The number of nitroso groups, excluding NO2 is 1. The van der Waals surface area contributed by atoms with Crippen LogP contribution in [0, 0.1) is 18.8 Å². The Kier molecular flexibility index (Phi) is 2.81. The number of fused-ring (bicyclic) bond motifs is 2. The van der Waals surface area contributed by atoms with Crippen LogP contribution in [0.1, 0.15) is 11.4 Å². The number of imidazole rings is 2. The first-order valence-corrected chi connectivity index (χ1v) is 7.34. The summed E-state index contributed by atoms with van der Waals surface area (Å²) in [6.07, 6.45) is 1.82. The third kappa shape index (κ3) is 1.95. The van der Waals surface area contributed by atoms with E-state index < -0.39 is 0 Å². The molecule has 6 heteroatoms. The van der Waals surface area contributed by atoms with Gasteiger partial charge in [-0.2, -0.15) is 0 Å². The Morgan fingerprint density at radius 2 is 1.91 bits per heavy atom. The maximum atomic E-state index is 11.4. The average Bonchev–Trinajstić information content (AvgIpc) is 3.04. The van der Waals surface area contributed by atoms with Crippen LogP contribution in [0.3, 0.4) is 0 Å². The van der Waals surface area contributed by atoms with Crippen LogP contribution >= 0.6 is 0 Å². The van der Waals surface area contributed by atoms with E-state index in [0.29, 0.717) is 17.2 Å². The van der Waals surface area contributed by atoms with Crippen LogP contribution in [-0.4, -0.2) is 18.9 Å². The summed E-state index contributed by atoms with van der Waals surface area (Å²) in [7, 11) is 1.98. The summed E-state index contributed by atoms with van der Waals surface area (Å²) >= 11 is 0. The highest BCUT2D eigenvalue weighted by molar-refractivity contribution is 5.85. The van der Waals surface area contributed by atoms with Crippen LogP contribution in [0.5, 0.6) is 0 Å². The lowest BCUT2D eigenvalue weighted by molar-refractivity contribution is 0.886. The van der Waals surface area contributed by atoms with E-state index in [0.717, 1.165) is 28.0 Å². The van der Waals surface area contributed by atoms with Crippen LogP contribution in [-0.2, 0) is 7.05 Å². The van der Waals surface area contributed by atoms with Gasteiger partial charge in [0.1, 0.15) is 17.2 Å². The van der Waals surface area contributed by atoms with Crippen molar-refractivity contribution in [3.63, 3.8) is 0 Å². The SMILES string of the molecule is Cc1ccn2c(N=O)c(-c3ccc4c(c3)nc(C)n4C)nc2c1. The minimum absolute atomic E-state index is 0.312. The fraction of sp³-hybridized carbons (Fsp3) is 0.176. The zero-order chi connectivity index (χ0) is 16.1. The van der Waals surface area contributed by atoms with Crippen molar-refractivity contribution in [2.45, 2.75) is 13.8 Å². The first kappa shape index (κ1) is 13.6. The molecule has 0 amide bonds. The summed E-state index contributed by atoms with van der Waals surface area (Å²) in [5.74, 6) is 1.25. The second-order valence-corrected chi connectivity index (χ2v) is 5.73. The lowest BCUT2D eigenvalue weighted by Gasteiger charge is -2.00. The Balaban J connectivity index is 1.99. The lowest BCUT2D eigenvalue weighted by atomic mass is 10.1. The first-order chi connectivity index (χ1) is 11.1. The molecule has 0 N–H and O–H groups in total. The van der Waals surface area contributed by atoms with Gasteiger partial charge in [0.05, 0.1) is 11.0 Å². The number of rotatable bonds is 2. The Morgan fingerprint density at radius 3 is 2.70 bits per heavy atom. The van der Waals surface area contributed by atoms with Crippen molar-refractivity contribution in [1.82, 2.24) is 18.9 Å². The van der Waals surface area contributed by atoms with Gasteiger partial charge in [-0.25, -0.2) is 9.97 Å². The van der Waals surface area contributed by atoms with E-state index in [1.807, 2.05) is 62.0 Å². The maximum absolute atomic E-state index is 11.4. The van der Waals surface area contributed by atoms with Gasteiger partial charge in [0.25, 0.3) is 0 Å². The molecule has 0 aliphatic rings. The van der Waals surface area contributed by atoms with E-state index in [-0.39, 0.29) is 0 Å². The van der Waals surface area contributed by atoms with E-state index in [9.17, 15) is 4.91 Å². The van der Waals surface area contributed by atoms with Gasteiger partial charge in [-0.05, 0) is 48.9 Å². The molecule has 0 aliphatic heterocycles. The Labute approximate surface area is 132 Å². The van der Waals surface area contributed by atoms with E-state index >= 15 is 0 Å². The highest BCUT2D eigenvalue weighted by Crippen LogP contribution is 2.32. The summed E-state index contributed by atoms with van der Waals surface area (Å²) < 4.78 is 3.74. The molecule has 0 spiro atoms. The molecule has 4 aromatic rings. The molecule has 6 nitrogen and oxygen atoms in total. The fourth-order valence-corrected chi connectivity index (χ4v) is 2.88. The van der Waals surface area contributed by atoms with E-state index in [2.05, 4.69) is 15.1 Å². The number of aryl methyl sites for hydroxylation is 3. The highest BCUT2D eigenvalue weighted by atomic mass is 16.3. The largest absolute Gasteiger partial charge is 0.331 e. The smallest absolute Gasteiger partial charge is 0.209 e. The van der Waals surface area contributed by atoms with E-state index in [1.165, 1.54) is 0 Å². The molecule has 3 heterocycles. The standard InChI is InChI=1S/C17H15N5O/c1-10-6-7-22-15(8-10)19-16(17(22)20-23)12-4-5-14-13(9-12)18-11(2)21(14)3/h4-9H,1-3H3. The summed E-state index contributed by atoms with van der Waals surface area (Å²) in [5.41, 5.74) is 5.15. The van der Waals surface area contributed by atoms with Gasteiger partial charge in [-0.1, -0.05) is 6.07 Å². The zero-order valence-corrected chi connectivity index (χ0v) is 13.1. The van der Waals surface area contributed by atoms with Gasteiger partial charge in [-0.15, -0.1) is 4.91 Å². The van der Waals surface area contributed by atoms with Crippen LogP contribution in [0.15, 0.2) is 41.7 Å². The van der Waals surface area contributed by atoms with Crippen molar-refractivity contribution in [2.24, 2.45) is 12.2 Å². The third-order valence-electron chi connectivity index (χ3n) is 4.22. The monoisotopic (exact) mass is 305 g/mol. The van der Waals surface area contributed by atoms with E-state index in [4.69, 9.17) is 0 Å². The minimum atomic E-state index is 0.312. The molecule has 114 valence electrons. The number of pyridine rings is 1. The molecular formula is C17H15N5O. The van der Waals surface area contributed by atoms with Crippen molar-refractivity contribution in [3.8, 4) is 11.3 Å². The molecule has 0 aliphatic carbocycles. The first-order valence-electron chi connectivity index (χ1n) is 7.34. The molecule has 0 saturated carbocycles. The Hall–Kier alpha value is -3.02. The number of nitrogens with zero attached hydrogens (tertiary/aromatic N) is 5. The number of hydrogen-bond donors (Lipinski definition) is 0. The molecular weight excluding hydrogens is 290 g/mol. The molecule has 23 heavy (non-hydrogen) atoms. The average molecular weight is 305 g/mol. The van der Waals surface area contributed by atoms with Crippen LogP contribution < -0.4 is 0 Å². The number of aromatic nitrogens is 4. The summed E-state index contributed by atoms with van der Waals surface area (Å²) in [6, 6.07) is 9.76. The maximum Gasteiger partial charge on any atom is 0.209 e. The van der Waals surface area contributed by atoms with Crippen molar-refractivity contribution in [3.05, 3.63) is 52.8 Å². The molecule has 0 fully saturated rings. The van der Waals surface area contributed by atoms with Gasteiger partial charge in [0.15, 0.2) is 0 Å². The van der Waals surface area contributed by atoms with Gasteiger partial charge in [0, 0.05) is 18.8 Å². The topological polar surface area (TPSA) is 64.6 Å². The second-order valence-electron chi connectivity index (χ2n) is 5.73. The molecule has 4 rings (SSSR count). The van der Waals surface area contributed by atoms with Crippen LogP contribution in [0.25, 0.3) is 27.9 Å². The lowest BCUT2D eigenvalue weighted by Crippen LogP contribution is -1.89. The molecule has 3 aromatic heterocycles. The quantitative estimate of drug-likeness (QED) is 0.527. The van der Waals surface area contributed by atoms with Crippen molar-refractivity contribution >= 4 is 22.5 Å². The minimum Gasteiger partial charge on any atom is -0.331 e. The number of benzene rings is 1. The van der Waals surface area contributed by atoms with Crippen LogP contribution in [0.2, 0.25) is 0 Å².